The zero-order chi connectivity index (χ0) is 10.4. The molecule has 0 aromatic rings. The monoisotopic (exact) mass is 200 g/mol. The van der Waals surface area contributed by atoms with Crippen molar-refractivity contribution in [3.05, 3.63) is 0 Å². The maximum Gasteiger partial charge on any atom is 0.223 e. The van der Waals surface area contributed by atoms with E-state index in [1.165, 1.54) is 0 Å². The van der Waals surface area contributed by atoms with E-state index in [1.54, 1.807) is 0 Å². The van der Waals surface area contributed by atoms with Gasteiger partial charge >= 0.3 is 0 Å². The Morgan fingerprint density at radius 1 is 1.64 bits per heavy atom. The normalized spacial score (nSPS) is 21.6. The summed E-state index contributed by atoms with van der Waals surface area (Å²) >= 11 is 0. The van der Waals surface area contributed by atoms with E-state index in [0.29, 0.717) is 12.3 Å². The summed E-state index contributed by atoms with van der Waals surface area (Å²) in [7, 11) is 0. The zero-order valence-electron chi connectivity index (χ0n) is 8.83. The third-order valence-corrected chi connectivity index (χ3v) is 2.66. The highest BCUT2D eigenvalue weighted by Crippen LogP contribution is 2.15. The third-order valence-electron chi connectivity index (χ3n) is 2.66. The summed E-state index contributed by atoms with van der Waals surface area (Å²) in [5, 5.41) is 12.1. The Balaban J connectivity index is 2.18. The molecule has 0 bridgehead atoms. The van der Waals surface area contributed by atoms with Crippen LogP contribution in [-0.4, -0.2) is 48.7 Å². The van der Waals surface area contributed by atoms with Crippen LogP contribution in [0.3, 0.4) is 0 Å². The smallest absolute Gasteiger partial charge is 0.223 e. The van der Waals surface area contributed by atoms with Gasteiger partial charge < -0.3 is 15.3 Å². The predicted molar refractivity (Wildman–Crippen MR) is 54.9 cm³/mol. The molecule has 4 nitrogen and oxygen atoms in total. The van der Waals surface area contributed by atoms with Crippen LogP contribution >= 0.6 is 0 Å². The number of hydrogen-bond donors (Lipinski definition) is 2. The van der Waals surface area contributed by atoms with E-state index < -0.39 is 0 Å². The number of nitrogens with zero attached hydrogens (tertiary/aromatic N) is 1. The van der Waals surface area contributed by atoms with Crippen molar-refractivity contribution < 1.29 is 9.90 Å². The van der Waals surface area contributed by atoms with Crippen LogP contribution in [0.2, 0.25) is 0 Å². The van der Waals surface area contributed by atoms with Gasteiger partial charge in [-0.05, 0) is 13.0 Å². The molecule has 1 saturated heterocycles. The summed E-state index contributed by atoms with van der Waals surface area (Å²) in [6.07, 6.45) is 1.52. The van der Waals surface area contributed by atoms with Crippen molar-refractivity contribution in [2.75, 3.05) is 32.8 Å². The van der Waals surface area contributed by atoms with Gasteiger partial charge in [-0.2, -0.15) is 0 Å². The fourth-order valence-corrected chi connectivity index (χ4v) is 1.74. The van der Waals surface area contributed by atoms with Gasteiger partial charge in [0, 0.05) is 38.6 Å². The topological polar surface area (TPSA) is 52.6 Å². The van der Waals surface area contributed by atoms with Gasteiger partial charge in [0.05, 0.1) is 0 Å². The third kappa shape index (κ3) is 3.27. The van der Waals surface area contributed by atoms with Gasteiger partial charge in [-0.15, -0.1) is 0 Å². The molecule has 14 heavy (non-hydrogen) atoms. The number of aliphatic hydroxyl groups excluding tert-OH is 1. The van der Waals surface area contributed by atoms with Crippen molar-refractivity contribution in [3.8, 4) is 0 Å². The molecule has 0 spiro atoms. The van der Waals surface area contributed by atoms with Gasteiger partial charge in [0.1, 0.15) is 0 Å². The molecule has 82 valence electrons. The van der Waals surface area contributed by atoms with Gasteiger partial charge in [-0.25, -0.2) is 0 Å². The van der Waals surface area contributed by atoms with Crippen LogP contribution in [0.5, 0.6) is 0 Å². The summed E-state index contributed by atoms with van der Waals surface area (Å²) in [5.41, 5.74) is 0. The molecule has 1 unspecified atom stereocenters. The van der Waals surface area contributed by atoms with E-state index in [0.717, 1.165) is 32.6 Å². The molecule has 1 heterocycles. The molecule has 1 atom stereocenters. The first kappa shape index (κ1) is 11.5. The second kappa shape index (κ2) is 5.98. The summed E-state index contributed by atoms with van der Waals surface area (Å²) in [6, 6.07) is 0. The average molecular weight is 200 g/mol. The van der Waals surface area contributed by atoms with Crippen molar-refractivity contribution in [2.45, 2.75) is 19.8 Å². The average Bonchev–Trinajstić information content (AvgIpc) is 2.66. The Morgan fingerprint density at radius 2 is 2.43 bits per heavy atom. The molecule has 0 saturated carbocycles. The Morgan fingerprint density at radius 3 is 3.00 bits per heavy atom. The largest absolute Gasteiger partial charge is 0.396 e. The summed E-state index contributed by atoms with van der Waals surface area (Å²) < 4.78 is 0. The molecule has 0 aliphatic carbocycles. The molecule has 0 radical (unpaired) electrons. The zero-order valence-corrected chi connectivity index (χ0v) is 8.83. The number of hydrogen-bond acceptors (Lipinski definition) is 3. The van der Waals surface area contributed by atoms with Crippen molar-refractivity contribution in [1.29, 1.82) is 0 Å². The van der Waals surface area contributed by atoms with Gasteiger partial charge in [0.25, 0.3) is 0 Å². The Hall–Kier alpha value is -0.610. The number of carbonyl (C=O) groups is 1. The minimum Gasteiger partial charge on any atom is -0.396 e. The van der Waals surface area contributed by atoms with E-state index in [4.69, 9.17) is 5.11 Å². The SMILES string of the molecule is CCNCCC(=O)N1CCC(CO)C1. The van der Waals surface area contributed by atoms with Gasteiger partial charge in [0.2, 0.25) is 5.91 Å². The Bertz CT molecular complexity index is 185. The van der Waals surface area contributed by atoms with E-state index in [1.807, 2.05) is 11.8 Å². The first-order valence-corrected chi connectivity index (χ1v) is 5.37. The number of likely N-dealkylation sites (tertiary alicyclic amines) is 1. The molecule has 2 N–H and O–H groups in total. The highest BCUT2D eigenvalue weighted by molar-refractivity contribution is 5.76. The van der Waals surface area contributed by atoms with E-state index in [-0.39, 0.29) is 12.5 Å². The highest BCUT2D eigenvalue weighted by Gasteiger charge is 2.24. The Kier molecular flexibility index (Phi) is 4.90. The van der Waals surface area contributed by atoms with Crippen LogP contribution < -0.4 is 5.32 Å². The second-order valence-electron chi connectivity index (χ2n) is 3.78. The lowest BCUT2D eigenvalue weighted by Crippen LogP contribution is -2.31. The van der Waals surface area contributed by atoms with Crippen molar-refractivity contribution >= 4 is 5.91 Å². The quantitative estimate of drug-likeness (QED) is 0.606. The standard InChI is InChI=1S/C10H20N2O2/c1-2-11-5-3-10(14)12-6-4-9(7-12)8-13/h9,11,13H,2-8H2,1H3. The fraction of sp³-hybridized carbons (Fsp3) is 0.900. The second-order valence-corrected chi connectivity index (χ2v) is 3.78. The lowest BCUT2D eigenvalue weighted by molar-refractivity contribution is -0.130. The molecule has 1 rings (SSSR count). The van der Waals surface area contributed by atoms with Crippen LogP contribution in [0.15, 0.2) is 0 Å². The number of aliphatic hydroxyl groups is 1. The van der Waals surface area contributed by atoms with Crippen molar-refractivity contribution in [2.24, 2.45) is 5.92 Å². The van der Waals surface area contributed by atoms with Crippen LogP contribution in [0.4, 0.5) is 0 Å². The lowest BCUT2D eigenvalue weighted by atomic mass is 10.1. The molecule has 1 amide bonds. The maximum atomic E-state index is 11.6. The molecule has 0 aromatic carbocycles. The van der Waals surface area contributed by atoms with Crippen LogP contribution in [0, 0.1) is 5.92 Å². The van der Waals surface area contributed by atoms with E-state index >= 15 is 0 Å². The number of carbonyl (C=O) groups excluding carboxylic acids is 1. The first-order valence-electron chi connectivity index (χ1n) is 5.37. The predicted octanol–water partition coefficient (Wildman–Crippen LogP) is -0.173. The van der Waals surface area contributed by atoms with Crippen molar-refractivity contribution in [1.82, 2.24) is 10.2 Å². The van der Waals surface area contributed by atoms with Crippen LogP contribution in [0.25, 0.3) is 0 Å². The molecule has 1 aliphatic heterocycles. The summed E-state index contributed by atoms with van der Waals surface area (Å²) in [5.74, 6) is 0.514. The first-order chi connectivity index (χ1) is 6.77. The Labute approximate surface area is 85.3 Å². The van der Waals surface area contributed by atoms with Gasteiger partial charge in [-0.1, -0.05) is 6.92 Å². The van der Waals surface area contributed by atoms with Gasteiger partial charge in [-0.3, -0.25) is 4.79 Å². The van der Waals surface area contributed by atoms with Crippen LogP contribution in [-0.2, 0) is 4.79 Å². The van der Waals surface area contributed by atoms with Gasteiger partial charge in [0.15, 0.2) is 0 Å². The fourth-order valence-electron chi connectivity index (χ4n) is 1.74. The molecule has 0 aromatic heterocycles. The van der Waals surface area contributed by atoms with Crippen molar-refractivity contribution in [3.63, 3.8) is 0 Å². The maximum absolute atomic E-state index is 11.6. The van der Waals surface area contributed by atoms with E-state index in [2.05, 4.69) is 5.32 Å². The minimum atomic E-state index is 0.205. The minimum absolute atomic E-state index is 0.205. The number of rotatable bonds is 5. The summed E-state index contributed by atoms with van der Waals surface area (Å²) in [4.78, 5) is 13.4. The van der Waals surface area contributed by atoms with Crippen LogP contribution in [0.1, 0.15) is 19.8 Å². The molecular weight excluding hydrogens is 180 g/mol. The molecule has 1 fully saturated rings. The number of amides is 1. The lowest BCUT2D eigenvalue weighted by Gasteiger charge is -2.15. The molecule has 1 aliphatic rings. The molecular formula is C10H20N2O2. The van der Waals surface area contributed by atoms with E-state index in [9.17, 15) is 4.79 Å². The number of nitrogens with one attached hydrogen (secondary N) is 1. The molecule has 4 heteroatoms. The highest BCUT2D eigenvalue weighted by atomic mass is 16.3. The summed E-state index contributed by atoms with van der Waals surface area (Å²) in [6.45, 7) is 5.46.